The summed E-state index contributed by atoms with van der Waals surface area (Å²) in [5, 5.41) is 0. The fourth-order valence-corrected chi connectivity index (χ4v) is 1.39. The third-order valence-corrected chi connectivity index (χ3v) is 2.20. The Kier molecular flexibility index (Phi) is 3.98. The van der Waals surface area contributed by atoms with Gasteiger partial charge in [0.2, 0.25) is 0 Å². The molecule has 0 fully saturated rings. The number of nitrogens with one attached hydrogen (secondary N) is 1. The average molecular weight is 247 g/mol. The summed E-state index contributed by atoms with van der Waals surface area (Å²) >= 11 is 0. The van der Waals surface area contributed by atoms with Crippen molar-refractivity contribution in [2.75, 3.05) is 7.11 Å². The second-order valence-electron chi connectivity index (χ2n) is 3.50. The second-order valence-corrected chi connectivity index (χ2v) is 3.50. The molecule has 0 aliphatic rings. The zero-order chi connectivity index (χ0) is 12.8. The van der Waals surface area contributed by atoms with Crippen LogP contribution in [0.4, 0.5) is 0 Å². The minimum Gasteiger partial charge on any atom is -0.486 e. The van der Waals surface area contributed by atoms with Crippen LogP contribution in [0.25, 0.3) is 0 Å². The van der Waals surface area contributed by atoms with Gasteiger partial charge in [-0.25, -0.2) is 5.48 Å². The minimum atomic E-state index is -0.427. The van der Waals surface area contributed by atoms with E-state index in [9.17, 15) is 4.79 Å². The normalized spacial score (nSPS) is 10.1. The highest BCUT2D eigenvalue weighted by Gasteiger charge is 2.10. The molecule has 0 atom stereocenters. The molecule has 94 valence electrons. The van der Waals surface area contributed by atoms with Gasteiger partial charge in [-0.05, 0) is 24.3 Å². The average Bonchev–Trinajstić information content (AvgIpc) is 2.87. The summed E-state index contributed by atoms with van der Waals surface area (Å²) in [6, 6.07) is 12.6. The van der Waals surface area contributed by atoms with Crippen molar-refractivity contribution < 1.29 is 18.8 Å². The fraction of sp³-hybridized carbons (Fsp3) is 0.154. The maximum absolute atomic E-state index is 11.4. The van der Waals surface area contributed by atoms with Gasteiger partial charge < -0.3 is 9.15 Å². The Balaban J connectivity index is 1.93. The van der Waals surface area contributed by atoms with E-state index < -0.39 is 5.91 Å². The Morgan fingerprint density at radius 2 is 2.00 bits per heavy atom. The molecule has 0 bridgehead atoms. The number of hydroxylamine groups is 1. The van der Waals surface area contributed by atoms with E-state index in [-0.39, 0.29) is 12.4 Å². The third kappa shape index (κ3) is 3.11. The molecule has 1 amide bonds. The van der Waals surface area contributed by atoms with Gasteiger partial charge in [-0.1, -0.05) is 18.2 Å². The van der Waals surface area contributed by atoms with Crippen molar-refractivity contribution in [1.82, 2.24) is 5.48 Å². The second kappa shape index (κ2) is 5.88. The highest BCUT2D eigenvalue weighted by atomic mass is 16.6. The van der Waals surface area contributed by atoms with Crippen LogP contribution in [0.1, 0.15) is 16.3 Å². The topological polar surface area (TPSA) is 60.7 Å². The highest BCUT2D eigenvalue weighted by molar-refractivity contribution is 5.90. The number of carbonyl (C=O) groups is 1. The first-order valence-electron chi connectivity index (χ1n) is 5.39. The van der Waals surface area contributed by atoms with Crippen molar-refractivity contribution in [1.29, 1.82) is 0 Å². The molecule has 0 unspecified atom stereocenters. The van der Waals surface area contributed by atoms with Gasteiger partial charge in [-0.3, -0.25) is 9.63 Å². The van der Waals surface area contributed by atoms with Gasteiger partial charge in [0.05, 0.1) is 7.11 Å². The van der Waals surface area contributed by atoms with Crippen LogP contribution in [0.2, 0.25) is 0 Å². The van der Waals surface area contributed by atoms with E-state index in [4.69, 9.17) is 9.15 Å². The van der Waals surface area contributed by atoms with Gasteiger partial charge in [-0.2, -0.15) is 0 Å². The summed E-state index contributed by atoms with van der Waals surface area (Å²) in [6.45, 7) is 0.268. The number of carbonyl (C=O) groups excluding carboxylic acids is 1. The molecule has 0 aliphatic carbocycles. The summed E-state index contributed by atoms with van der Waals surface area (Å²) < 4.78 is 10.8. The van der Waals surface area contributed by atoms with Gasteiger partial charge in [0.1, 0.15) is 18.1 Å². The Morgan fingerprint density at radius 3 is 2.72 bits per heavy atom. The third-order valence-electron chi connectivity index (χ3n) is 2.20. The predicted molar refractivity (Wildman–Crippen MR) is 64.0 cm³/mol. The maximum Gasteiger partial charge on any atom is 0.310 e. The van der Waals surface area contributed by atoms with Crippen LogP contribution in [-0.4, -0.2) is 13.0 Å². The van der Waals surface area contributed by atoms with Gasteiger partial charge >= 0.3 is 5.91 Å². The van der Waals surface area contributed by atoms with Crippen molar-refractivity contribution in [3.63, 3.8) is 0 Å². The Labute approximate surface area is 104 Å². The molecule has 5 heteroatoms. The summed E-state index contributed by atoms with van der Waals surface area (Å²) in [4.78, 5) is 15.9. The standard InChI is InChI=1S/C13H13NO4/c1-16-14-13(15)12-8-7-11(18-12)9-17-10-5-3-2-4-6-10/h2-8H,9H2,1H3,(H,14,15). The lowest BCUT2D eigenvalue weighted by atomic mass is 10.3. The Hall–Kier alpha value is -2.27. The molecule has 1 N–H and O–H groups in total. The monoisotopic (exact) mass is 247 g/mol. The molecular weight excluding hydrogens is 234 g/mol. The van der Waals surface area contributed by atoms with E-state index in [2.05, 4.69) is 10.3 Å². The van der Waals surface area contributed by atoms with E-state index in [1.54, 1.807) is 12.1 Å². The Bertz CT molecular complexity index is 507. The molecule has 2 rings (SSSR count). The van der Waals surface area contributed by atoms with Crippen LogP contribution >= 0.6 is 0 Å². The van der Waals surface area contributed by atoms with Crippen molar-refractivity contribution in [2.24, 2.45) is 0 Å². The quantitative estimate of drug-likeness (QED) is 0.822. The van der Waals surface area contributed by atoms with Crippen LogP contribution in [0.3, 0.4) is 0 Å². The fourth-order valence-electron chi connectivity index (χ4n) is 1.39. The number of hydrogen-bond donors (Lipinski definition) is 1. The zero-order valence-corrected chi connectivity index (χ0v) is 9.88. The lowest BCUT2D eigenvalue weighted by Gasteiger charge is -2.03. The number of hydrogen-bond acceptors (Lipinski definition) is 4. The van der Waals surface area contributed by atoms with Crippen molar-refractivity contribution in [3.8, 4) is 5.75 Å². The van der Waals surface area contributed by atoms with Gasteiger partial charge in [0.25, 0.3) is 0 Å². The van der Waals surface area contributed by atoms with Gasteiger partial charge in [0.15, 0.2) is 5.76 Å². The number of ether oxygens (including phenoxy) is 1. The molecule has 0 spiro atoms. The van der Waals surface area contributed by atoms with Crippen LogP contribution in [0, 0.1) is 0 Å². The molecule has 5 nitrogen and oxygen atoms in total. The smallest absolute Gasteiger partial charge is 0.310 e. The number of furan rings is 1. The number of para-hydroxylation sites is 1. The Morgan fingerprint density at radius 1 is 1.22 bits per heavy atom. The summed E-state index contributed by atoms with van der Waals surface area (Å²) in [5.41, 5.74) is 2.18. The maximum atomic E-state index is 11.4. The molecule has 2 aromatic rings. The molecule has 0 saturated carbocycles. The van der Waals surface area contributed by atoms with Crippen LogP contribution in [0.5, 0.6) is 5.75 Å². The lowest BCUT2D eigenvalue weighted by Crippen LogP contribution is -2.21. The highest BCUT2D eigenvalue weighted by Crippen LogP contribution is 2.13. The van der Waals surface area contributed by atoms with E-state index in [0.717, 1.165) is 5.75 Å². The largest absolute Gasteiger partial charge is 0.486 e. The van der Waals surface area contributed by atoms with E-state index in [1.807, 2.05) is 30.3 Å². The molecule has 0 radical (unpaired) electrons. The lowest BCUT2D eigenvalue weighted by molar-refractivity contribution is 0.0506. The van der Waals surface area contributed by atoms with Gasteiger partial charge in [-0.15, -0.1) is 0 Å². The first-order valence-corrected chi connectivity index (χ1v) is 5.39. The first kappa shape index (κ1) is 12.2. The molecule has 1 aromatic carbocycles. The summed E-state index contributed by atoms with van der Waals surface area (Å²) in [6.07, 6.45) is 0. The van der Waals surface area contributed by atoms with Crippen molar-refractivity contribution in [3.05, 3.63) is 54.0 Å². The molecular formula is C13H13NO4. The minimum absolute atomic E-state index is 0.184. The molecule has 0 aliphatic heterocycles. The van der Waals surface area contributed by atoms with Crippen LogP contribution in [-0.2, 0) is 11.4 Å². The van der Waals surface area contributed by atoms with E-state index >= 15 is 0 Å². The molecule has 18 heavy (non-hydrogen) atoms. The molecule has 0 saturated heterocycles. The van der Waals surface area contributed by atoms with E-state index in [0.29, 0.717) is 5.76 Å². The first-order chi connectivity index (χ1) is 8.79. The van der Waals surface area contributed by atoms with Gasteiger partial charge in [0, 0.05) is 0 Å². The zero-order valence-electron chi connectivity index (χ0n) is 9.88. The number of amides is 1. The van der Waals surface area contributed by atoms with E-state index in [1.165, 1.54) is 7.11 Å². The summed E-state index contributed by atoms with van der Waals surface area (Å²) in [5.74, 6) is 1.07. The van der Waals surface area contributed by atoms with Crippen LogP contribution < -0.4 is 10.2 Å². The SMILES string of the molecule is CONC(=O)c1ccc(COc2ccccc2)o1. The van der Waals surface area contributed by atoms with Crippen molar-refractivity contribution >= 4 is 5.91 Å². The number of benzene rings is 1. The number of rotatable bonds is 5. The van der Waals surface area contributed by atoms with Crippen molar-refractivity contribution in [2.45, 2.75) is 6.61 Å². The van der Waals surface area contributed by atoms with Crippen LogP contribution in [0.15, 0.2) is 46.9 Å². The molecule has 1 heterocycles. The molecule has 1 aromatic heterocycles. The summed E-state index contributed by atoms with van der Waals surface area (Å²) in [7, 11) is 1.36. The predicted octanol–water partition coefficient (Wildman–Crippen LogP) is 2.15.